The van der Waals surface area contributed by atoms with Gasteiger partial charge in [-0.05, 0) is 68.6 Å². The zero-order valence-corrected chi connectivity index (χ0v) is 34.7. The Bertz CT molecular complexity index is 1980. The Balaban J connectivity index is 1.48. The van der Waals surface area contributed by atoms with Crippen LogP contribution in [0.5, 0.6) is 0 Å². The van der Waals surface area contributed by atoms with Crippen LogP contribution in [-0.2, 0) is 36.8 Å². The Labute approximate surface area is 360 Å². The van der Waals surface area contributed by atoms with Gasteiger partial charge >= 0.3 is 0 Å². The maximum Gasteiger partial charge on any atom is 0.243 e. The van der Waals surface area contributed by atoms with E-state index in [9.17, 15) is 39.3 Å². The highest BCUT2D eigenvalue weighted by atomic mass is 16.3. The maximum atomic E-state index is 14.4. The number of primary amides is 1. The molecule has 2 aromatic carbocycles. The summed E-state index contributed by atoms with van der Waals surface area (Å²) < 4.78 is 0. The molecule has 2 aliphatic rings. The normalized spacial score (nSPS) is 28.1. The summed E-state index contributed by atoms with van der Waals surface area (Å²) in [4.78, 5) is 72.8. The first-order valence-corrected chi connectivity index (χ1v) is 21.2. The first kappa shape index (κ1) is 47.4. The standard InChI is InChI=1S/C42H62N12O8/c43-28-15-16-35(56)47-17-7-6-13-30(36(44)57)50-39(60)33(20-25-22-49-29-12-5-4-11-27(25)29)52-37(58)31(14-8-18-48-42(45)46)51-38(59)32(19-24-9-2-1-3-10-24)53-40(61)34-21-26(55)23-54(34)41(28)62/h1-5,9-12,22,26,28,30-34,39,41,49-50,55,60,62H,6-8,13-21,23,43H2,(H2,44,57)(H,47,56)(H,51,59)(H,52,58)(H,53,61)(H4,45,46,48)/t26-,28+,30+,31+,32-,33+,34+,39+,41+/m1/s1. The zero-order valence-electron chi connectivity index (χ0n) is 34.7. The smallest absolute Gasteiger partial charge is 0.243 e. The van der Waals surface area contributed by atoms with Gasteiger partial charge in [-0.15, -0.1) is 0 Å². The van der Waals surface area contributed by atoms with Gasteiger partial charge < -0.3 is 64.1 Å². The third-order valence-corrected chi connectivity index (χ3v) is 11.4. The van der Waals surface area contributed by atoms with Crippen LogP contribution >= 0.6 is 0 Å². The third-order valence-electron chi connectivity index (χ3n) is 11.4. The molecule has 0 saturated carbocycles. The van der Waals surface area contributed by atoms with Crippen LogP contribution in [0, 0.1) is 5.41 Å². The van der Waals surface area contributed by atoms with Crippen LogP contribution < -0.4 is 49.1 Å². The van der Waals surface area contributed by atoms with E-state index in [-0.39, 0.29) is 82.9 Å². The maximum absolute atomic E-state index is 14.4. The van der Waals surface area contributed by atoms with E-state index in [0.717, 1.165) is 16.5 Å². The number of aromatic nitrogens is 1. The van der Waals surface area contributed by atoms with E-state index in [1.165, 1.54) is 4.90 Å². The Morgan fingerprint density at radius 2 is 1.58 bits per heavy atom. The van der Waals surface area contributed by atoms with E-state index in [2.05, 4.69) is 36.9 Å². The van der Waals surface area contributed by atoms with Crippen molar-refractivity contribution in [2.45, 2.75) is 119 Å². The van der Waals surface area contributed by atoms with Crippen LogP contribution in [0.15, 0.2) is 60.8 Å². The lowest BCUT2D eigenvalue weighted by molar-refractivity contribution is -0.136. The Morgan fingerprint density at radius 1 is 0.871 bits per heavy atom. The molecule has 0 unspecified atom stereocenters. The van der Waals surface area contributed by atoms with Crippen LogP contribution in [0.2, 0.25) is 0 Å². The number of carbonyl (C=O) groups is 5. The molecule has 5 amide bonds. The van der Waals surface area contributed by atoms with Gasteiger partial charge in [0.25, 0.3) is 0 Å². The fourth-order valence-electron chi connectivity index (χ4n) is 7.96. The second-order valence-corrected chi connectivity index (χ2v) is 16.1. The lowest BCUT2D eigenvalue weighted by Gasteiger charge is -2.33. The predicted molar refractivity (Wildman–Crippen MR) is 230 cm³/mol. The molecule has 62 heavy (non-hydrogen) atoms. The van der Waals surface area contributed by atoms with E-state index in [0.29, 0.717) is 18.4 Å². The van der Waals surface area contributed by atoms with Crippen molar-refractivity contribution in [2.75, 3.05) is 19.6 Å². The number of guanidine groups is 1. The van der Waals surface area contributed by atoms with Crippen molar-refractivity contribution in [1.29, 1.82) is 5.41 Å². The molecule has 2 aliphatic heterocycles. The Morgan fingerprint density at radius 3 is 2.32 bits per heavy atom. The van der Waals surface area contributed by atoms with Gasteiger partial charge in [-0.2, -0.15) is 0 Å². The molecule has 3 aromatic rings. The highest BCUT2D eigenvalue weighted by Gasteiger charge is 2.42. The first-order chi connectivity index (χ1) is 29.7. The fraction of sp³-hybridized carbons (Fsp3) is 0.524. The number of para-hydroxylation sites is 1. The van der Waals surface area contributed by atoms with Crippen LogP contribution in [0.25, 0.3) is 10.9 Å². The Kier molecular flexibility index (Phi) is 17.6. The molecule has 0 aliphatic carbocycles. The van der Waals surface area contributed by atoms with Crippen molar-refractivity contribution in [3.05, 3.63) is 71.9 Å². The van der Waals surface area contributed by atoms with E-state index in [1.54, 1.807) is 36.5 Å². The molecule has 3 heterocycles. The topological polar surface area (TPSA) is 339 Å². The summed E-state index contributed by atoms with van der Waals surface area (Å²) >= 11 is 0. The Hall–Kier alpha value is -5.64. The molecule has 0 radical (unpaired) electrons. The van der Waals surface area contributed by atoms with Gasteiger partial charge in [-0.3, -0.25) is 39.6 Å². The van der Waals surface area contributed by atoms with Gasteiger partial charge in [0.15, 0.2) is 5.96 Å². The predicted octanol–water partition coefficient (Wildman–Crippen LogP) is -2.41. The largest absolute Gasteiger partial charge is 0.392 e. The van der Waals surface area contributed by atoms with Crippen molar-refractivity contribution in [1.82, 2.24) is 41.8 Å². The molecule has 0 bridgehead atoms. The minimum atomic E-state index is -1.51. The number of aliphatic hydroxyl groups excluding tert-OH is 3. The van der Waals surface area contributed by atoms with Gasteiger partial charge in [0.2, 0.25) is 29.5 Å². The average Bonchev–Trinajstić information content (AvgIpc) is 3.85. The highest BCUT2D eigenvalue weighted by Crippen LogP contribution is 2.24. The van der Waals surface area contributed by atoms with Gasteiger partial charge in [0, 0.05) is 55.6 Å². The number of fused-ring (bicyclic) bond motifs is 2. The lowest BCUT2D eigenvalue weighted by atomic mass is 10.0. The van der Waals surface area contributed by atoms with Gasteiger partial charge in [-0.1, -0.05) is 48.5 Å². The summed E-state index contributed by atoms with van der Waals surface area (Å²) in [6.45, 7) is 0.373. The number of hydrogen-bond acceptors (Lipinski definition) is 12. The number of H-pyrrole nitrogens is 1. The average molecular weight is 863 g/mol. The van der Waals surface area contributed by atoms with Crippen LogP contribution in [-0.4, -0.2) is 135 Å². The zero-order chi connectivity index (χ0) is 44.8. The lowest BCUT2D eigenvalue weighted by Crippen LogP contribution is -2.61. The number of nitrogens with two attached hydrogens (primary N) is 3. The monoisotopic (exact) mass is 862 g/mol. The molecule has 0 spiro atoms. The molecular weight excluding hydrogens is 801 g/mol. The van der Waals surface area contributed by atoms with Crippen LogP contribution in [0.1, 0.15) is 62.5 Å². The second-order valence-electron chi connectivity index (χ2n) is 16.1. The highest BCUT2D eigenvalue weighted by molar-refractivity contribution is 5.93. The first-order valence-electron chi connectivity index (χ1n) is 21.2. The summed E-state index contributed by atoms with van der Waals surface area (Å²) in [5.74, 6) is -3.40. The molecule has 9 atom stereocenters. The minimum absolute atomic E-state index is 0.00538. The molecule has 20 nitrogen and oxygen atoms in total. The van der Waals surface area contributed by atoms with Crippen molar-refractivity contribution in [3.63, 3.8) is 0 Å². The van der Waals surface area contributed by atoms with E-state index in [1.807, 2.05) is 24.3 Å². The summed E-state index contributed by atoms with van der Waals surface area (Å²) in [5.41, 5.74) is 19.9. The van der Waals surface area contributed by atoms with Crippen LogP contribution in [0.4, 0.5) is 0 Å². The quantitative estimate of drug-likeness (QED) is 0.0607. The number of amides is 5. The number of rotatable bonds is 9. The van der Waals surface area contributed by atoms with Crippen molar-refractivity contribution >= 4 is 46.4 Å². The number of nitrogens with zero attached hydrogens (tertiary/aromatic N) is 1. The summed E-state index contributed by atoms with van der Waals surface area (Å²) in [6.07, 6.45) is -0.703. The molecule has 2 saturated heterocycles. The van der Waals surface area contributed by atoms with Gasteiger partial charge in [0.1, 0.15) is 24.5 Å². The number of hydrogen-bond donors (Lipinski definition) is 14. The number of carbonyl (C=O) groups excluding carboxylic acids is 5. The third kappa shape index (κ3) is 13.7. The van der Waals surface area contributed by atoms with Gasteiger partial charge in [0.05, 0.1) is 24.2 Å². The molecular formula is C42H62N12O8. The molecule has 17 N–H and O–H groups in total. The molecule has 5 rings (SSSR count). The fourth-order valence-corrected chi connectivity index (χ4v) is 7.96. The van der Waals surface area contributed by atoms with E-state index < -0.39 is 78.4 Å². The summed E-state index contributed by atoms with van der Waals surface area (Å²) in [7, 11) is 0. The number of aliphatic hydroxyl groups is 3. The summed E-state index contributed by atoms with van der Waals surface area (Å²) in [5, 5.41) is 59.0. The SMILES string of the molecule is N=C(N)NCCC[C@@H]1NC(=O)[C@@H](Cc2ccccc2)NC(=O)[C@@H]2C[C@@H](O)CN2[C@@H](O)[C@@H](N)CCC(=O)NCCCC[C@@H](C(N)=O)N[C@@H](O)[C@H](Cc2c[nH]c3ccccc23)NC1=O. The number of aromatic amines is 1. The van der Waals surface area contributed by atoms with Crippen molar-refractivity contribution in [3.8, 4) is 0 Å². The minimum Gasteiger partial charge on any atom is -0.392 e. The summed E-state index contributed by atoms with van der Waals surface area (Å²) in [6, 6.07) is 9.76. The van der Waals surface area contributed by atoms with Crippen molar-refractivity contribution in [2.24, 2.45) is 17.2 Å². The van der Waals surface area contributed by atoms with E-state index in [4.69, 9.17) is 22.6 Å². The molecule has 2 fully saturated rings. The molecule has 338 valence electrons. The van der Waals surface area contributed by atoms with E-state index >= 15 is 0 Å². The second kappa shape index (κ2) is 23.0. The number of nitrogens with one attached hydrogen (secondary N) is 8. The molecule has 20 heteroatoms. The van der Waals surface area contributed by atoms with Crippen LogP contribution in [0.3, 0.4) is 0 Å². The van der Waals surface area contributed by atoms with Gasteiger partial charge in [-0.25, -0.2) is 0 Å². The molecule has 1 aromatic heterocycles. The van der Waals surface area contributed by atoms with Crippen molar-refractivity contribution < 1.29 is 39.3 Å². The number of benzene rings is 2.